The molecule has 0 unspecified atom stereocenters. The third-order valence-corrected chi connectivity index (χ3v) is 9.27. The van der Waals surface area contributed by atoms with Gasteiger partial charge >= 0.3 is 6.18 Å². The molecule has 7 rings (SSSR count). The summed E-state index contributed by atoms with van der Waals surface area (Å²) >= 11 is 0. The van der Waals surface area contributed by atoms with Crippen molar-refractivity contribution in [2.75, 3.05) is 37.6 Å². The number of carbonyl (C=O) groups is 1. The number of carbonyl (C=O) groups excluding carboxylic acids is 1. The maximum Gasteiger partial charge on any atom is 0.401 e. The molecule has 5 heterocycles. The number of fused-ring (bicyclic) bond motifs is 1. The number of ketones is 1. The summed E-state index contributed by atoms with van der Waals surface area (Å²) in [5.41, 5.74) is 2.87. The summed E-state index contributed by atoms with van der Waals surface area (Å²) < 4.78 is 70.4. The minimum Gasteiger partial charge on any atom is -0.390 e. The number of halogens is 5. The van der Waals surface area contributed by atoms with Gasteiger partial charge in [0.15, 0.2) is 5.78 Å². The third-order valence-electron chi connectivity index (χ3n) is 9.27. The summed E-state index contributed by atoms with van der Waals surface area (Å²) in [7, 11) is 0. The van der Waals surface area contributed by atoms with Gasteiger partial charge in [-0.2, -0.15) is 23.3 Å². The van der Waals surface area contributed by atoms with Gasteiger partial charge in [-0.25, -0.2) is 13.3 Å². The van der Waals surface area contributed by atoms with E-state index in [-0.39, 0.29) is 42.5 Å². The molecule has 1 spiro atoms. The molecule has 2 saturated heterocycles. The number of aryl methyl sites for hydroxylation is 1. The minimum atomic E-state index is -4.25. The predicted molar refractivity (Wildman–Crippen MR) is 152 cm³/mol. The molecule has 2 aliphatic heterocycles. The Morgan fingerprint density at radius 1 is 1.16 bits per heavy atom. The van der Waals surface area contributed by atoms with E-state index in [0.29, 0.717) is 48.4 Å². The number of aliphatic hydroxyl groups is 1. The number of likely N-dealkylation sites (tertiary alicyclic amines) is 1. The van der Waals surface area contributed by atoms with Crippen molar-refractivity contribution < 1.29 is 36.4 Å². The van der Waals surface area contributed by atoms with Crippen molar-refractivity contribution in [2.45, 2.75) is 56.7 Å². The van der Waals surface area contributed by atoms with E-state index in [4.69, 9.17) is 4.52 Å². The van der Waals surface area contributed by atoms with Crippen molar-refractivity contribution in [1.29, 1.82) is 0 Å². The van der Waals surface area contributed by atoms with Gasteiger partial charge < -0.3 is 14.5 Å². The average Bonchev–Trinajstić information content (AvgIpc) is 3.55. The molecule has 3 aliphatic rings. The number of hydrogen-bond acceptors (Lipinski definition) is 8. The van der Waals surface area contributed by atoms with E-state index >= 15 is 0 Å². The Labute approximate surface area is 254 Å². The van der Waals surface area contributed by atoms with Crippen LogP contribution in [0.5, 0.6) is 0 Å². The second-order valence-electron chi connectivity index (χ2n) is 13.0. The Morgan fingerprint density at radius 2 is 1.91 bits per heavy atom. The zero-order chi connectivity index (χ0) is 31.7. The van der Waals surface area contributed by atoms with Crippen LogP contribution < -0.4 is 4.90 Å². The number of hydrogen-bond donors (Lipinski definition) is 1. The van der Waals surface area contributed by atoms with Gasteiger partial charge in [-0.3, -0.25) is 9.69 Å². The molecule has 0 amide bonds. The predicted octanol–water partition coefficient (Wildman–Crippen LogP) is 5.07. The molecule has 45 heavy (non-hydrogen) atoms. The number of nitrogens with zero attached hydrogens (tertiary/aromatic N) is 6. The SMILES string of the molecule is Cc1ccc(-c2noc(C3CN(CC(F)(F)F)C3)n2)cc1CC(=O)c1cnn2ccc(N3CC4(C3)CC(O)(CC(F)F)C4)cc12. The lowest BCUT2D eigenvalue weighted by atomic mass is 9.54. The molecule has 3 fully saturated rings. The van der Waals surface area contributed by atoms with E-state index in [1.54, 1.807) is 16.9 Å². The number of aromatic nitrogens is 4. The molecule has 9 nitrogen and oxygen atoms in total. The van der Waals surface area contributed by atoms with Gasteiger partial charge in [-0.05, 0) is 49.1 Å². The number of rotatable bonds is 9. The van der Waals surface area contributed by atoms with E-state index in [9.17, 15) is 31.9 Å². The summed E-state index contributed by atoms with van der Waals surface area (Å²) in [6.07, 6.45) is -3.12. The lowest BCUT2D eigenvalue weighted by Gasteiger charge is -2.63. The highest BCUT2D eigenvalue weighted by Gasteiger charge is 2.60. The Balaban J connectivity index is 1.02. The molecule has 1 saturated carbocycles. The largest absolute Gasteiger partial charge is 0.401 e. The van der Waals surface area contributed by atoms with Gasteiger partial charge in [0.1, 0.15) is 0 Å². The fourth-order valence-corrected chi connectivity index (χ4v) is 7.22. The first-order chi connectivity index (χ1) is 21.3. The zero-order valence-corrected chi connectivity index (χ0v) is 24.4. The van der Waals surface area contributed by atoms with Crippen LogP contribution in [-0.2, 0) is 6.42 Å². The Hall–Kier alpha value is -3.91. The first kappa shape index (κ1) is 29.8. The standard InChI is InChI=1S/C31H31F5N6O3/c1-18-2-3-19(27-38-28(45-39-27)21-11-40(12-21)17-31(34,35)36)6-20(18)7-25(43)23-10-37-42-5-4-22(8-24(23)42)41-15-29(16-41)13-30(44,14-29)9-26(32)33/h2-6,8,10,21,26,44H,7,9,11-17H2,1H3. The smallest absolute Gasteiger partial charge is 0.390 e. The number of anilines is 1. The van der Waals surface area contributed by atoms with Crippen molar-refractivity contribution in [3.05, 3.63) is 65.3 Å². The van der Waals surface area contributed by atoms with Crippen molar-refractivity contribution in [2.24, 2.45) is 5.41 Å². The summed E-state index contributed by atoms with van der Waals surface area (Å²) in [6, 6.07) is 9.29. The van der Waals surface area contributed by atoms with E-state index in [2.05, 4.69) is 20.1 Å². The molecule has 1 N–H and O–H groups in total. The van der Waals surface area contributed by atoms with Crippen LogP contribution in [0.4, 0.5) is 27.6 Å². The molecule has 1 aliphatic carbocycles. The van der Waals surface area contributed by atoms with Crippen LogP contribution in [0.2, 0.25) is 0 Å². The van der Waals surface area contributed by atoms with Gasteiger partial charge in [-0.1, -0.05) is 17.3 Å². The van der Waals surface area contributed by atoms with Gasteiger partial charge in [-0.15, -0.1) is 0 Å². The Kier molecular flexibility index (Phi) is 7.00. The van der Waals surface area contributed by atoms with Gasteiger partial charge in [0.05, 0.1) is 35.3 Å². The number of alkyl halides is 5. The van der Waals surface area contributed by atoms with Gasteiger partial charge in [0, 0.05) is 61.9 Å². The van der Waals surface area contributed by atoms with Crippen LogP contribution in [0.15, 0.2) is 47.2 Å². The van der Waals surface area contributed by atoms with Crippen molar-refractivity contribution in [3.8, 4) is 11.4 Å². The summed E-state index contributed by atoms with van der Waals surface area (Å²) in [6.45, 7) is 2.63. The highest BCUT2D eigenvalue weighted by Crippen LogP contribution is 2.56. The van der Waals surface area contributed by atoms with Crippen LogP contribution in [0.1, 0.15) is 52.6 Å². The number of pyridine rings is 1. The van der Waals surface area contributed by atoms with E-state index in [1.807, 2.05) is 37.3 Å². The molecule has 0 bridgehead atoms. The molecule has 238 valence electrons. The molecule has 0 radical (unpaired) electrons. The van der Waals surface area contributed by atoms with Gasteiger partial charge in [0.25, 0.3) is 0 Å². The molecule has 1 aromatic carbocycles. The first-order valence-corrected chi connectivity index (χ1v) is 14.8. The van der Waals surface area contributed by atoms with Crippen LogP contribution in [0, 0.1) is 12.3 Å². The Morgan fingerprint density at radius 3 is 2.62 bits per heavy atom. The lowest BCUT2D eigenvalue weighted by Crippen LogP contribution is -2.68. The van der Waals surface area contributed by atoms with Crippen molar-refractivity contribution >= 4 is 17.0 Å². The zero-order valence-electron chi connectivity index (χ0n) is 24.4. The minimum absolute atomic E-state index is 0.0978. The van der Waals surface area contributed by atoms with Gasteiger partial charge in [0.2, 0.25) is 18.1 Å². The van der Waals surface area contributed by atoms with E-state index < -0.39 is 31.2 Å². The second kappa shape index (κ2) is 10.6. The van der Waals surface area contributed by atoms with Crippen LogP contribution in [0.3, 0.4) is 0 Å². The topological polar surface area (TPSA) is 100 Å². The van der Waals surface area contributed by atoms with Crippen molar-refractivity contribution in [3.63, 3.8) is 0 Å². The van der Waals surface area contributed by atoms with E-state index in [1.165, 1.54) is 4.90 Å². The summed E-state index contributed by atoms with van der Waals surface area (Å²) in [4.78, 5) is 21.4. The molecule has 14 heteroatoms. The average molecular weight is 631 g/mol. The molecule has 4 aromatic rings. The fraction of sp³-hybridized carbons (Fsp3) is 0.484. The maximum absolute atomic E-state index is 13.6. The van der Waals surface area contributed by atoms with Crippen LogP contribution >= 0.6 is 0 Å². The van der Waals surface area contributed by atoms with Crippen LogP contribution in [-0.4, -0.2) is 86.5 Å². The molecule has 3 aromatic heterocycles. The Bertz CT molecular complexity index is 1750. The lowest BCUT2D eigenvalue weighted by molar-refractivity contribution is -0.161. The quantitative estimate of drug-likeness (QED) is 0.202. The maximum atomic E-state index is 13.6. The first-order valence-electron chi connectivity index (χ1n) is 14.8. The van der Waals surface area contributed by atoms with Crippen molar-refractivity contribution in [1.82, 2.24) is 24.7 Å². The monoisotopic (exact) mass is 630 g/mol. The van der Waals surface area contributed by atoms with Crippen LogP contribution in [0.25, 0.3) is 16.9 Å². The number of benzene rings is 1. The number of Topliss-reactive ketones (excluding diaryl/α,β-unsaturated/α-hetero) is 1. The highest BCUT2D eigenvalue weighted by molar-refractivity contribution is 6.03. The van der Waals surface area contributed by atoms with E-state index in [0.717, 1.165) is 16.8 Å². The molecular weight excluding hydrogens is 599 g/mol. The summed E-state index contributed by atoms with van der Waals surface area (Å²) in [5, 5.41) is 18.7. The summed E-state index contributed by atoms with van der Waals surface area (Å²) in [5.74, 6) is 0.203. The second-order valence-corrected chi connectivity index (χ2v) is 13.0. The highest BCUT2D eigenvalue weighted by atomic mass is 19.4. The molecule has 0 atom stereocenters. The fourth-order valence-electron chi connectivity index (χ4n) is 7.22. The third kappa shape index (κ3) is 5.81. The normalized spacial score (nSPS) is 19.6. The molecular formula is C31H31F5N6O3.